The van der Waals surface area contributed by atoms with E-state index in [-0.39, 0.29) is 67.8 Å². The maximum Gasteiger partial charge on any atom is 0.251 e. The van der Waals surface area contributed by atoms with Gasteiger partial charge in [0.2, 0.25) is 23.6 Å². The third-order valence-electron chi connectivity index (χ3n) is 14.5. The number of amides is 5. The van der Waals surface area contributed by atoms with E-state index in [2.05, 4.69) is 85.1 Å². The number of ether oxygens (including phenoxy) is 4. The van der Waals surface area contributed by atoms with Crippen molar-refractivity contribution in [3.8, 4) is 23.0 Å². The second-order valence-corrected chi connectivity index (χ2v) is 21.7. The van der Waals surface area contributed by atoms with Crippen LogP contribution < -0.4 is 45.5 Å². The van der Waals surface area contributed by atoms with Gasteiger partial charge in [-0.25, -0.2) is 0 Å². The van der Waals surface area contributed by atoms with Gasteiger partial charge < -0.3 is 50.4 Å². The van der Waals surface area contributed by atoms with Crippen molar-refractivity contribution in [1.82, 2.24) is 20.9 Å². The standard InChI is InChI=1S/C67H81N7O11/c1-41(28-52-20-14-12-18-43(52)3)37-69-57-35-61(59(82-10)33-55(57)48(8)75)84-39-50-30-51(40-85-62-36-58(56(49(9)76)34-60(62)83-11)70-38-42(2)29-53-21-15-13-19-44(53)4)32-54(31-50)73-67(81)47(7)72-66(80)46(6)71-64(78)23-17-16-22-63(77)68-26-27-74-45(5)24-25-65(74)79/h12-15,18-21,24-25,30-37,41-42,46-47,70H,5,16-17,22-23,26-29,38-40H2,1-4,6-11H3,(H,68,77)(H,71,78)(H,72,80)(H,73,81)/b69-37-/t41-,42-,46-,47?/m0/s1. The van der Waals surface area contributed by atoms with Crippen molar-refractivity contribution < 1.29 is 52.5 Å². The second kappa shape index (κ2) is 31.6. The average Bonchev–Trinajstić information content (AvgIpc) is 4.05. The second-order valence-electron chi connectivity index (χ2n) is 21.7. The number of allylic oxidation sites excluding steroid dienone is 1. The highest BCUT2D eigenvalue weighted by Crippen LogP contribution is 2.38. The molecule has 85 heavy (non-hydrogen) atoms. The van der Waals surface area contributed by atoms with Crippen LogP contribution in [0.1, 0.15) is 121 Å². The molecule has 18 heteroatoms. The number of benzene rings is 5. The molecule has 0 saturated heterocycles. The molecule has 4 atom stereocenters. The minimum Gasteiger partial charge on any atom is -0.493 e. The number of carbonyl (C=O) groups excluding carboxylic acids is 7. The quantitative estimate of drug-likeness (QED) is 0.0154. The predicted molar refractivity (Wildman–Crippen MR) is 331 cm³/mol. The number of anilines is 2. The Morgan fingerprint density at radius 1 is 0.659 bits per heavy atom. The fourth-order valence-corrected chi connectivity index (χ4v) is 9.56. The molecule has 0 aliphatic carbocycles. The molecule has 0 saturated carbocycles. The number of methoxy groups -OCH3 is 2. The van der Waals surface area contributed by atoms with Crippen LogP contribution in [0.5, 0.6) is 23.0 Å². The average molecular weight is 1160 g/mol. The molecule has 1 heterocycles. The summed E-state index contributed by atoms with van der Waals surface area (Å²) in [5.41, 5.74) is 8.77. The Hall–Kier alpha value is -9.06. The minimum atomic E-state index is -1.06. The lowest BCUT2D eigenvalue weighted by atomic mass is 9.97. The molecular weight excluding hydrogens is 1080 g/mol. The van der Waals surface area contributed by atoms with E-state index in [1.165, 1.54) is 75.1 Å². The van der Waals surface area contributed by atoms with Crippen LogP contribution in [0.4, 0.5) is 17.1 Å². The van der Waals surface area contributed by atoms with Gasteiger partial charge >= 0.3 is 0 Å². The normalized spacial score (nSPS) is 13.4. The number of aliphatic imine (C=N–C) groups is 1. The highest BCUT2D eigenvalue weighted by atomic mass is 16.5. The highest BCUT2D eigenvalue weighted by Gasteiger charge is 2.24. The van der Waals surface area contributed by atoms with Crippen LogP contribution >= 0.6 is 0 Å². The molecule has 1 unspecified atom stereocenters. The van der Waals surface area contributed by atoms with Crippen LogP contribution in [0.3, 0.4) is 0 Å². The number of hydrogen-bond donors (Lipinski definition) is 5. The zero-order chi connectivity index (χ0) is 61.7. The number of ketones is 2. The molecule has 1 aliphatic heterocycles. The van der Waals surface area contributed by atoms with E-state index in [9.17, 15) is 33.6 Å². The molecule has 5 aromatic carbocycles. The number of carbonyl (C=O) groups is 7. The van der Waals surface area contributed by atoms with Crippen molar-refractivity contribution in [2.75, 3.05) is 44.5 Å². The maximum atomic E-state index is 13.9. The molecule has 6 rings (SSSR count). The van der Waals surface area contributed by atoms with E-state index in [1.807, 2.05) is 36.5 Å². The highest BCUT2D eigenvalue weighted by molar-refractivity contribution is 6.01. The van der Waals surface area contributed by atoms with Gasteiger partial charge in [-0.15, -0.1) is 0 Å². The Labute approximate surface area is 499 Å². The van der Waals surface area contributed by atoms with E-state index in [0.717, 1.165) is 12.8 Å². The largest absolute Gasteiger partial charge is 0.493 e. The number of hydrogen-bond acceptors (Lipinski definition) is 13. The van der Waals surface area contributed by atoms with Gasteiger partial charge in [0.25, 0.3) is 5.91 Å². The van der Waals surface area contributed by atoms with Gasteiger partial charge in [0, 0.05) is 85.1 Å². The first kappa shape index (κ1) is 65.1. The van der Waals surface area contributed by atoms with Gasteiger partial charge in [0.05, 0.1) is 19.9 Å². The number of Topliss-reactive ketones (excluding diaryl/α,β-unsaturated/α-hetero) is 2. The predicted octanol–water partition coefficient (Wildman–Crippen LogP) is 10.3. The van der Waals surface area contributed by atoms with E-state index in [0.29, 0.717) is 93.9 Å². The monoisotopic (exact) mass is 1160 g/mol. The van der Waals surface area contributed by atoms with Crippen LogP contribution in [-0.2, 0) is 50.0 Å². The van der Waals surface area contributed by atoms with Gasteiger partial charge in [-0.2, -0.15) is 0 Å². The molecule has 0 bridgehead atoms. The summed E-state index contributed by atoms with van der Waals surface area (Å²) >= 11 is 0. The summed E-state index contributed by atoms with van der Waals surface area (Å²) in [6.45, 7) is 19.2. The molecule has 0 aromatic heterocycles. The molecule has 0 fully saturated rings. The first-order valence-corrected chi connectivity index (χ1v) is 28.7. The van der Waals surface area contributed by atoms with Crippen LogP contribution in [0.25, 0.3) is 0 Å². The van der Waals surface area contributed by atoms with Gasteiger partial charge in [0.15, 0.2) is 34.6 Å². The third-order valence-corrected chi connectivity index (χ3v) is 14.5. The SMILES string of the molecule is C=C1C=CC(=O)N1CCNC(=O)CCCCC(=O)N[C@@H](C)C(=O)NC(C)C(=O)Nc1cc(COc2cc(/N=C\[C@@H](C)Cc3ccccc3C)c(C(C)=O)cc2OC)cc(COc2cc(NC[C@@H](C)Cc3ccccc3C)c(C(C)=O)cc2OC)c1. The van der Waals surface area contributed by atoms with Gasteiger partial charge in [-0.3, -0.25) is 38.6 Å². The Kier molecular flexibility index (Phi) is 24.2. The topological polar surface area (TPSA) is 232 Å². The zero-order valence-corrected chi connectivity index (χ0v) is 50.6. The molecule has 5 N–H and O–H groups in total. The van der Waals surface area contributed by atoms with Crippen LogP contribution in [0.2, 0.25) is 0 Å². The summed E-state index contributed by atoms with van der Waals surface area (Å²) in [4.78, 5) is 96.5. The van der Waals surface area contributed by atoms with Crippen molar-refractivity contribution in [1.29, 1.82) is 0 Å². The van der Waals surface area contributed by atoms with Gasteiger partial charge in [0.1, 0.15) is 25.3 Å². The lowest BCUT2D eigenvalue weighted by Gasteiger charge is -2.20. The van der Waals surface area contributed by atoms with Crippen molar-refractivity contribution >= 4 is 64.4 Å². The fourth-order valence-electron chi connectivity index (χ4n) is 9.56. The third kappa shape index (κ3) is 19.5. The Morgan fingerprint density at radius 2 is 1.22 bits per heavy atom. The summed E-state index contributed by atoms with van der Waals surface area (Å²) in [5.74, 6) is -0.698. The van der Waals surface area contributed by atoms with Gasteiger partial charge in [-0.05, 0) is 149 Å². The molecule has 18 nitrogen and oxygen atoms in total. The first-order chi connectivity index (χ1) is 40.6. The van der Waals surface area contributed by atoms with E-state index < -0.39 is 29.8 Å². The summed E-state index contributed by atoms with van der Waals surface area (Å²) < 4.78 is 24.4. The Bertz CT molecular complexity index is 3300. The molecule has 1 aliphatic rings. The summed E-state index contributed by atoms with van der Waals surface area (Å²) in [6, 6.07) is 26.4. The Balaban J connectivity index is 1.16. The lowest BCUT2D eigenvalue weighted by Crippen LogP contribution is -2.50. The minimum absolute atomic E-state index is 0.0284. The zero-order valence-electron chi connectivity index (χ0n) is 50.6. The fraction of sp³-hybridized carbons (Fsp3) is 0.373. The molecule has 5 aromatic rings. The molecular formula is C67H81N7O11. The van der Waals surface area contributed by atoms with Crippen LogP contribution in [-0.4, -0.2) is 98.2 Å². The number of nitrogens with zero attached hydrogens (tertiary/aromatic N) is 2. The molecule has 5 amide bonds. The van der Waals surface area contributed by atoms with Crippen molar-refractivity contribution in [3.63, 3.8) is 0 Å². The van der Waals surface area contributed by atoms with E-state index in [1.54, 1.807) is 42.5 Å². The molecule has 0 spiro atoms. The first-order valence-electron chi connectivity index (χ1n) is 28.7. The summed E-state index contributed by atoms with van der Waals surface area (Å²) in [5, 5.41) is 14.5. The Morgan fingerprint density at radius 3 is 1.80 bits per heavy atom. The number of aryl methyl sites for hydroxylation is 2. The maximum absolute atomic E-state index is 13.9. The number of rotatable bonds is 32. The van der Waals surface area contributed by atoms with Crippen molar-refractivity contribution in [2.24, 2.45) is 16.8 Å². The summed E-state index contributed by atoms with van der Waals surface area (Å²) in [7, 11) is 2.98. The lowest BCUT2D eigenvalue weighted by molar-refractivity contribution is -0.130. The van der Waals surface area contributed by atoms with Crippen molar-refractivity contribution in [3.05, 3.63) is 160 Å². The molecule has 0 radical (unpaired) electrons. The van der Waals surface area contributed by atoms with Crippen LogP contribution in [0.15, 0.2) is 120 Å². The van der Waals surface area contributed by atoms with E-state index in [4.69, 9.17) is 23.9 Å². The van der Waals surface area contributed by atoms with Crippen molar-refractivity contribution in [2.45, 2.75) is 119 Å². The molecule has 450 valence electrons. The smallest absolute Gasteiger partial charge is 0.251 e. The number of unbranched alkanes of at least 4 members (excludes halogenated alkanes) is 1. The van der Waals surface area contributed by atoms with Gasteiger partial charge in [-0.1, -0.05) is 69.0 Å². The summed E-state index contributed by atoms with van der Waals surface area (Å²) in [6.07, 6.45) is 7.54. The number of nitrogens with one attached hydrogen (secondary N) is 5. The van der Waals surface area contributed by atoms with Crippen LogP contribution in [0, 0.1) is 25.7 Å². The van der Waals surface area contributed by atoms with E-state index >= 15 is 0 Å².